The molecular weight excluding hydrogens is 877 g/mol. The van der Waals surface area contributed by atoms with E-state index in [2.05, 4.69) is 256 Å². The lowest BCUT2D eigenvalue weighted by molar-refractivity contribution is 0.533. The molecule has 0 radical (unpaired) electrons. The summed E-state index contributed by atoms with van der Waals surface area (Å²) in [5.74, 6) is 0.762. The highest BCUT2D eigenvalue weighted by Gasteiger charge is 2.58. The first-order valence-electron chi connectivity index (χ1n) is 25.0. The molecule has 2 aliphatic carbocycles. The van der Waals surface area contributed by atoms with E-state index in [0.717, 1.165) is 29.1 Å². The second kappa shape index (κ2) is 16.5. The topological polar surface area (TPSA) is 24.7 Å². The standard InChI is InChI=1S/C68H48N2S/c1-2-50-64(48-28-19-26-46(42-48)44-22-5-3-6-23-44)69-66(49-29-20-27-47(43-49)45-24-7-4-8-25-45)70-65(50)52-31-21-39-60-63(52)51-30-9-10-32-53(51)67(60)54-33-11-13-35-56(54)68(57-36-14-12-34-55(57)67)58-37-15-17-40-61(58)71-62-41-18-16-38-59(62)68/h3-43,50,64H,2H2,1H3. The van der Waals surface area contributed by atoms with Crippen molar-refractivity contribution in [2.24, 2.45) is 15.9 Å². The van der Waals surface area contributed by atoms with Crippen molar-refractivity contribution in [3.8, 4) is 33.4 Å². The Bertz CT molecular complexity index is 3710. The molecule has 2 unspecified atom stereocenters. The van der Waals surface area contributed by atoms with Crippen LogP contribution in [-0.4, -0.2) is 11.5 Å². The predicted molar refractivity (Wildman–Crippen MR) is 293 cm³/mol. The van der Waals surface area contributed by atoms with Crippen molar-refractivity contribution in [2.45, 2.75) is 40.0 Å². The smallest absolute Gasteiger partial charge is 0.155 e. The van der Waals surface area contributed by atoms with Crippen LogP contribution < -0.4 is 0 Å². The van der Waals surface area contributed by atoms with Crippen LogP contribution in [0.2, 0.25) is 0 Å². The van der Waals surface area contributed by atoms with Crippen LogP contribution in [0.5, 0.6) is 0 Å². The van der Waals surface area contributed by atoms with Crippen LogP contribution in [0.3, 0.4) is 0 Å². The maximum atomic E-state index is 5.82. The molecule has 336 valence electrons. The van der Waals surface area contributed by atoms with Gasteiger partial charge in [0.15, 0.2) is 5.84 Å². The van der Waals surface area contributed by atoms with E-state index < -0.39 is 10.8 Å². The number of amidine groups is 1. The van der Waals surface area contributed by atoms with Crippen molar-refractivity contribution >= 4 is 23.3 Å². The Morgan fingerprint density at radius 2 is 0.817 bits per heavy atom. The van der Waals surface area contributed by atoms with Crippen molar-refractivity contribution < 1.29 is 0 Å². The molecule has 10 aromatic rings. The Balaban J connectivity index is 1.03. The van der Waals surface area contributed by atoms with E-state index in [4.69, 9.17) is 9.98 Å². The number of rotatable bonds is 6. The van der Waals surface area contributed by atoms with Crippen LogP contribution >= 0.6 is 11.8 Å². The van der Waals surface area contributed by atoms with E-state index in [1.807, 2.05) is 11.8 Å². The molecule has 2 heterocycles. The lowest BCUT2D eigenvalue weighted by Gasteiger charge is -2.51. The van der Waals surface area contributed by atoms with E-state index >= 15 is 0 Å². The minimum Gasteiger partial charge on any atom is -0.257 e. The number of aliphatic imine (C=N–C) groups is 2. The molecule has 0 fully saturated rings. The zero-order valence-corrected chi connectivity index (χ0v) is 40.2. The highest BCUT2D eigenvalue weighted by molar-refractivity contribution is 7.99. The normalized spacial score (nSPS) is 17.2. The summed E-state index contributed by atoms with van der Waals surface area (Å²) in [6, 6.07) is 92.4. The summed E-state index contributed by atoms with van der Waals surface area (Å²) in [5, 5.41) is 0. The molecule has 0 saturated carbocycles. The average molecular weight is 925 g/mol. The lowest BCUT2D eigenvalue weighted by atomic mass is 9.51. The fourth-order valence-corrected chi connectivity index (χ4v) is 14.2. The monoisotopic (exact) mass is 924 g/mol. The number of hydrogen-bond acceptors (Lipinski definition) is 3. The summed E-state index contributed by atoms with van der Waals surface area (Å²) in [7, 11) is 0. The minimum atomic E-state index is -0.615. The third kappa shape index (κ3) is 6.09. The second-order valence-corrected chi connectivity index (χ2v) is 20.4. The molecule has 2 spiro atoms. The predicted octanol–water partition coefficient (Wildman–Crippen LogP) is 16.6. The molecule has 2 nitrogen and oxygen atoms in total. The van der Waals surface area contributed by atoms with Gasteiger partial charge in [-0.25, -0.2) is 4.99 Å². The van der Waals surface area contributed by atoms with Crippen LogP contribution in [0.1, 0.15) is 80.6 Å². The SMILES string of the molecule is CCC1C(c2cccc3c2-c2ccccc2C32c3ccccc3C3(c4ccccc4Sc4ccccc43)c3ccccc32)=NC(c2cccc(-c3ccccc3)c2)=NC1c1cccc(-c2ccccc2)c1. The summed E-state index contributed by atoms with van der Waals surface area (Å²) in [6.07, 6.45) is 0.862. The third-order valence-electron chi connectivity index (χ3n) is 15.8. The molecule has 0 N–H and O–H groups in total. The molecule has 2 atom stereocenters. The molecule has 2 aliphatic heterocycles. The summed E-state index contributed by atoms with van der Waals surface area (Å²) < 4.78 is 0. The highest BCUT2D eigenvalue weighted by Crippen LogP contribution is 2.67. The number of hydrogen-bond donors (Lipinski definition) is 0. The van der Waals surface area contributed by atoms with Crippen LogP contribution in [-0.2, 0) is 10.8 Å². The summed E-state index contributed by atoms with van der Waals surface area (Å²) >= 11 is 1.89. The van der Waals surface area contributed by atoms with Gasteiger partial charge in [-0.05, 0) is 114 Å². The van der Waals surface area contributed by atoms with Gasteiger partial charge in [0, 0.05) is 26.8 Å². The minimum absolute atomic E-state index is 0.000712. The van der Waals surface area contributed by atoms with E-state index in [-0.39, 0.29) is 12.0 Å². The Morgan fingerprint density at radius 1 is 0.380 bits per heavy atom. The van der Waals surface area contributed by atoms with Crippen LogP contribution in [0.25, 0.3) is 33.4 Å². The Morgan fingerprint density at radius 3 is 1.42 bits per heavy atom. The molecule has 0 amide bonds. The van der Waals surface area contributed by atoms with Gasteiger partial charge in [0.1, 0.15) is 0 Å². The largest absolute Gasteiger partial charge is 0.257 e. The molecular formula is C68H48N2S. The highest BCUT2D eigenvalue weighted by atomic mass is 32.2. The molecule has 0 saturated heterocycles. The molecule has 71 heavy (non-hydrogen) atoms. The van der Waals surface area contributed by atoms with Gasteiger partial charge < -0.3 is 0 Å². The zero-order valence-electron chi connectivity index (χ0n) is 39.3. The second-order valence-electron chi connectivity index (χ2n) is 19.3. The van der Waals surface area contributed by atoms with Gasteiger partial charge in [0.05, 0.1) is 22.6 Å². The number of fused-ring (bicyclic) bond motifs is 15. The maximum absolute atomic E-state index is 5.82. The van der Waals surface area contributed by atoms with Crippen molar-refractivity contribution in [2.75, 3.05) is 0 Å². The van der Waals surface area contributed by atoms with Crippen LogP contribution in [0.15, 0.2) is 268 Å². The fourth-order valence-electron chi connectivity index (χ4n) is 13.0. The summed E-state index contributed by atoms with van der Waals surface area (Å²) in [4.78, 5) is 14.1. The maximum Gasteiger partial charge on any atom is 0.155 e. The number of benzene rings is 10. The first-order chi connectivity index (χ1) is 35.2. The molecule has 3 heteroatoms. The fraction of sp³-hybridized carbons (Fsp3) is 0.0882. The van der Waals surface area contributed by atoms with Gasteiger partial charge >= 0.3 is 0 Å². The van der Waals surface area contributed by atoms with Gasteiger partial charge in [0.2, 0.25) is 0 Å². The van der Waals surface area contributed by atoms with Crippen molar-refractivity contribution in [3.63, 3.8) is 0 Å². The quantitative estimate of drug-likeness (QED) is 0.163. The lowest BCUT2D eigenvalue weighted by Crippen LogP contribution is -2.45. The van der Waals surface area contributed by atoms with Crippen molar-refractivity contribution in [1.82, 2.24) is 0 Å². The van der Waals surface area contributed by atoms with Crippen LogP contribution in [0, 0.1) is 5.92 Å². The van der Waals surface area contributed by atoms with Crippen LogP contribution in [0.4, 0.5) is 0 Å². The van der Waals surface area contributed by atoms with E-state index in [9.17, 15) is 0 Å². The van der Waals surface area contributed by atoms with Crippen molar-refractivity contribution in [1.29, 1.82) is 0 Å². The molecule has 4 aliphatic rings. The Kier molecular flexibility index (Phi) is 9.73. The molecule has 10 aromatic carbocycles. The van der Waals surface area contributed by atoms with E-state index in [0.29, 0.717) is 0 Å². The average Bonchev–Trinajstić information content (AvgIpc) is 3.76. The number of nitrogens with zero attached hydrogens (tertiary/aromatic N) is 2. The van der Waals surface area contributed by atoms with Gasteiger partial charge in [-0.15, -0.1) is 0 Å². The summed E-state index contributed by atoms with van der Waals surface area (Å²) in [5.41, 5.74) is 21.1. The first kappa shape index (κ1) is 41.8. The molecule has 14 rings (SSSR count). The van der Waals surface area contributed by atoms with Gasteiger partial charge in [-0.3, -0.25) is 4.99 Å². The van der Waals surface area contributed by atoms with E-state index in [1.165, 1.54) is 93.2 Å². The Labute approximate surface area is 420 Å². The Hall–Kier alpha value is -8.11. The first-order valence-corrected chi connectivity index (χ1v) is 25.8. The van der Waals surface area contributed by atoms with Gasteiger partial charge in [-0.2, -0.15) is 0 Å². The summed E-state index contributed by atoms with van der Waals surface area (Å²) in [6.45, 7) is 2.31. The molecule has 0 bridgehead atoms. The van der Waals surface area contributed by atoms with E-state index in [1.54, 1.807) is 0 Å². The van der Waals surface area contributed by atoms with Gasteiger partial charge in [-0.1, -0.05) is 243 Å². The van der Waals surface area contributed by atoms with Gasteiger partial charge in [0.25, 0.3) is 0 Å². The molecule has 0 aromatic heterocycles. The van der Waals surface area contributed by atoms with Crippen molar-refractivity contribution in [3.05, 3.63) is 310 Å². The third-order valence-corrected chi connectivity index (χ3v) is 17.0. The zero-order chi connectivity index (χ0) is 47.1.